The van der Waals surface area contributed by atoms with Crippen molar-refractivity contribution >= 4 is 38.3 Å². The molecule has 2 N–H and O–H groups in total. The van der Waals surface area contributed by atoms with Crippen molar-refractivity contribution in [1.29, 1.82) is 0 Å². The number of thiazole rings is 1. The molecular formula is C13H8N5S. The largest absolute Gasteiger partial charge is 0.330 e. The third-order valence-corrected chi connectivity index (χ3v) is 3.75. The molecule has 0 spiro atoms. The highest BCUT2D eigenvalue weighted by molar-refractivity contribution is 7.16. The molecule has 0 amide bonds. The first kappa shape index (κ1) is 10.5. The van der Waals surface area contributed by atoms with Gasteiger partial charge in [-0.1, -0.05) is 28.7 Å². The minimum atomic E-state index is 0.722. The maximum absolute atomic E-state index is 4.56. The standard InChI is InChI=1S/C13H8N5S/c1-2-4-12-10(3-1)15-13(19-12)14-8-5-6-9-11(7-8)17-18-16-9/h1-5,7H,(H,14,15)(H,16,17,18). The molecule has 0 aliphatic rings. The van der Waals surface area contributed by atoms with E-state index in [0.29, 0.717) is 0 Å². The zero-order valence-corrected chi connectivity index (χ0v) is 10.5. The molecule has 91 valence electrons. The molecule has 2 aromatic heterocycles. The highest BCUT2D eigenvalue weighted by atomic mass is 32.1. The molecular weight excluding hydrogens is 258 g/mol. The fourth-order valence-corrected chi connectivity index (χ4v) is 2.81. The monoisotopic (exact) mass is 266 g/mol. The number of nitrogens with zero attached hydrogens (tertiary/aromatic N) is 3. The molecule has 4 aromatic rings. The lowest BCUT2D eigenvalue weighted by molar-refractivity contribution is 0.959. The number of fused-ring (bicyclic) bond motifs is 2. The summed E-state index contributed by atoms with van der Waals surface area (Å²) in [5.41, 5.74) is 3.47. The number of rotatable bonds is 1. The van der Waals surface area contributed by atoms with Crippen molar-refractivity contribution < 1.29 is 0 Å². The highest BCUT2D eigenvalue weighted by Crippen LogP contribution is 2.18. The molecule has 0 saturated heterocycles. The Morgan fingerprint density at radius 3 is 3.11 bits per heavy atom. The Bertz CT molecular complexity index is 894. The van der Waals surface area contributed by atoms with Gasteiger partial charge in [0.05, 0.1) is 21.4 Å². The van der Waals surface area contributed by atoms with Crippen molar-refractivity contribution in [3.63, 3.8) is 0 Å². The van der Waals surface area contributed by atoms with Crippen LogP contribution in [0.5, 0.6) is 0 Å². The van der Waals surface area contributed by atoms with Gasteiger partial charge in [-0.25, -0.2) is 4.99 Å². The van der Waals surface area contributed by atoms with Gasteiger partial charge in [-0.3, -0.25) is 5.10 Å². The minimum Gasteiger partial charge on any atom is -0.330 e. The average Bonchev–Trinajstić information content (AvgIpc) is 3.03. The second kappa shape index (κ2) is 4.03. The van der Waals surface area contributed by atoms with E-state index < -0.39 is 0 Å². The molecule has 0 fully saturated rings. The van der Waals surface area contributed by atoms with E-state index in [4.69, 9.17) is 0 Å². The predicted octanol–water partition coefficient (Wildman–Crippen LogP) is 2.53. The molecule has 2 heterocycles. The third-order valence-electron chi connectivity index (χ3n) is 2.79. The molecule has 0 aliphatic heterocycles. The molecule has 2 aromatic carbocycles. The number of para-hydroxylation sites is 1. The summed E-state index contributed by atoms with van der Waals surface area (Å²) in [6, 6.07) is 14.9. The maximum Gasteiger partial charge on any atom is 0.188 e. The average molecular weight is 266 g/mol. The van der Waals surface area contributed by atoms with E-state index in [1.54, 1.807) is 11.3 Å². The van der Waals surface area contributed by atoms with Gasteiger partial charge in [0.1, 0.15) is 5.52 Å². The van der Waals surface area contributed by atoms with Crippen LogP contribution in [0.4, 0.5) is 5.69 Å². The minimum absolute atomic E-state index is 0.722. The van der Waals surface area contributed by atoms with Crippen LogP contribution in [-0.2, 0) is 0 Å². The predicted molar refractivity (Wildman–Crippen MR) is 74.1 cm³/mol. The number of hydrogen-bond acceptors (Lipinski definition) is 4. The quantitative estimate of drug-likeness (QED) is 0.556. The van der Waals surface area contributed by atoms with Crippen molar-refractivity contribution in [3.8, 4) is 0 Å². The molecule has 1 radical (unpaired) electrons. The van der Waals surface area contributed by atoms with Crippen molar-refractivity contribution in [2.45, 2.75) is 0 Å². The number of benzene rings is 2. The van der Waals surface area contributed by atoms with Gasteiger partial charge < -0.3 is 4.98 Å². The Hall–Kier alpha value is -2.47. The summed E-state index contributed by atoms with van der Waals surface area (Å²) in [6.45, 7) is 0. The Morgan fingerprint density at radius 2 is 2.16 bits per heavy atom. The number of aromatic nitrogens is 4. The first-order valence-electron chi connectivity index (χ1n) is 5.73. The summed E-state index contributed by atoms with van der Waals surface area (Å²) < 4.78 is 1.19. The Balaban J connectivity index is 1.89. The van der Waals surface area contributed by atoms with Gasteiger partial charge in [0.15, 0.2) is 4.80 Å². The van der Waals surface area contributed by atoms with Crippen LogP contribution < -0.4 is 4.80 Å². The topological polar surface area (TPSA) is 69.7 Å². The zero-order valence-electron chi connectivity index (χ0n) is 9.71. The summed E-state index contributed by atoms with van der Waals surface area (Å²) in [5, 5.41) is 10.4. The second-order valence-corrected chi connectivity index (χ2v) is 5.10. The fourth-order valence-electron chi connectivity index (χ4n) is 1.91. The van der Waals surface area contributed by atoms with Crippen LogP contribution in [-0.4, -0.2) is 20.4 Å². The Morgan fingerprint density at radius 1 is 1.21 bits per heavy atom. The van der Waals surface area contributed by atoms with Gasteiger partial charge in [0.2, 0.25) is 0 Å². The first-order valence-corrected chi connectivity index (χ1v) is 6.55. The lowest BCUT2D eigenvalue weighted by atomic mass is 10.3. The van der Waals surface area contributed by atoms with Crippen LogP contribution in [0.3, 0.4) is 0 Å². The first-order chi connectivity index (χ1) is 9.38. The van der Waals surface area contributed by atoms with E-state index in [0.717, 1.165) is 27.0 Å². The smallest absolute Gasteiger partial charge is 0.188 e. The van der Waals surface area contributed by atoms with Crippen LogP contribution in [0, 0.1) is 6.07 Å². The van der Waals surface area contributed by atoms with Crippen LogP contribution in [0.1, 0.15) is 0 Å². The summed E-state index contributed by atoms with van der Waals surface area (Å²) in [4.78, 5) is 8.71. The van der Waals surface area contributed by atoms with Crippen molar-refractivity contribution in [2.75, 3.05) is 0 Å². The van der Waals surface area contributed by atoms with E-state index in [2.05, 4.69) is 37.5 Å². The molecule has 4 rings (SSSR count). The molecule has 0 aliphatic carbocycles. The molecule has 0 atom stereocenters. The van der Waals surface area contributed by atoms with Crippen LogP contribution in [0.25, 0.3) is 21.3 Å². The molecule has 0 saturated carbocycles. The van der Waals surface area contributed by atoms with E-state index in [9.17, 15) is 0 Å². The van der Waals surface area contributed by atoms with E-state index >= 15 is 0 Å². The number of nitrogens with one attached hydrogen (secondary N) is 2. The lowest BCUT2D eigenvalue weighted by Gasteiger charge is -1.90. The summed E-state index contributed by atoms with van der Waals surface area (Å²) in [7, 11) is 0. The Labute approximate surface area is 111 Å². The molecule has 5 nitrogen and oxygen atoms in total. The summed E-state index contributed by atoms with van der Waals surface area (Å²) in [5.74, 6) is 0. The van der Waals surface area contributed by atoms with Crippen molar-refractivity contribution in [1.82, 2.24) is 20.4 Å². The summed E-state index contributed by atoms with van der Waals surface area (Å²) >= 11 is 1.62. The second-order valence-electron chi connectivity index (χ2n) is 4.07. The zero-order chi connectivity index (χ0) is 12.7. The number of aromatic amines is 2. The third kappa shape index (κ3) is 1.82. The van der Waals surface area contributed by atoms with Crippen LogP contribution in [0.15, 0.2) is 41.4 Å². The van der Waals surface area contributed by atoms with Gasteiger partial charge in [0.25, 0.3) is 0 Å². The van der Waals surface area contributed by atoms with E-state index in [1.165, 1.54) is 4.70 Å². The highest BCUT2D eigenvalue weighted by Gasteiger charge is 2.00. The lowest BCUT2D eigenvalue weighted by Crippen LogP contribution is -1.94. The Kier molecular flexibility index (Phi) is 2.22. The number of hydrogen-bond donors (Lipinski definition) is 2. The number of H-pyrrole nitrogens is 2. The van der Waals surface area contributed by atoms with Crippen LogP contribution in [0.2, 0.25) is 0 Å². The molecule has 0 bridgehead atoms. The van der Waals surface area contributed by atoms with Crippen molar-refractivity contribution in [3.05, 3.63) is 47.3 Å². The van der Waals surface area contributed by atoms with E-state index in [1.807, 2.05) is 30.3 Å². The SMILES string of the molecule is [c]1cc(/N=c2/[nH]c3ccccc3s2)cc2[nH]nnc12. The van der Waals surface area contributed by atoms with Gasteiger partial charge >= 0.3 is 0 Å². The van der Waals surface area contributed by atoms with E-state index in [-0.39, 0.29) is 0 Å². The molecule has 19 heavy (non-hydrogen) atoms. The van der Waals surface area contributed by atoms with Crippen molar-refractivity contribution in [2.24, 2.45) is 4.99 Å². The maximum atomic E-state index is 4.56. The molecule has 6 heteroatoms. The van der Waals surface area contributed by atoms with Gasteiger partial charge in [0, 0.05) is 6.07 Å². The van der Waals surface area contributed by atoms with Gasteiger partial charge in [-0.05, 0) is 24.3 Å². The van der Waals surface area contributed by atoms with Gasteiger partial charge in [-0.15, -0.1) is 5.10 Å². The normalized spacial score (nSPS) is 12.5. The van der Waals surface area contributed by atoms with Crippen LogP contribution >= 0.6 is 11.3 Å². The van der Waals surface area contributed by atoms with Gasteiger partial charge in [-0.2, -0.15) is 0 Å². The molecule has 0 unspecified atom stereocenters. The fraction of sp³-hybridized carbons (Fsp3) is 0. The summed E-state index contributed by atoms with van der Waals surface area (Å²) in [6.07, 6.45) is 0.